The Hall–Kier alpha value is -1.77. The monoisotopic (exact) mass is 302 g/mol. The molecule has 9 heteroatoms. The maximum absolute atomic E-state index is 11.2. The summed E-state index contributed by atoms with van der Waals surface area (Å²) in [4.78, 5) is 30.1. The van der Waals surface area contributed by atoms with Gasteiger partial charge in [-0.25, -0.2) is 9.97 Å². The van der Waals surface area contributed by atoms with E-state index in [4.69, 9.17) is 31.3 Å². The van der Waals surface area contributed by atoms with E-state index in [9.17, 15) is 9.59 Å². The molecule has 0 aromatic carbocycles. The van der Waals surface area contributed by atoms with Crippen molar-refractivity contribution in [3.05, 3.63) is 22.2 Å². The highest BCUT2D eigenvalue weighted by Gasteiger charge is 2.37. The molecule has 1 aliphatic heterocycles. The van der Waals surface area contributed by atoms with Crippen molar-refractivity contribution in [1.82, 2.24) is 9.97 Å². The fourth-order valence-electron chi connectivity index (χ4n) is 1.87. The molecule has 0 saturated carbocycles. The maximum Gasteiger partial charge on any atom is 0.324 e. The van der Waals surface area contributed by atoms with Gasteiger partial charge in [-0.05, 0) is 6.92 Å². The first-order chi connectivity index (χ1) is 9.41. The van der Waals surface area contributed by atoms with Gasteiger partial charge in [-0.2, -0.15) is 0 Å². The molecule has 0 unspecified atom stereocenters. The van der Waals surface area contributed by atoms with Crippen molar-refractivity contribution in [3.8, 4) is 0 Å². The van der Waals surface area contributed by atoms with Gasteiger partial charge in [0.1, 0.15) is 11.0 Å². The van der Waals surface area contributed by atoms with E-state index in [0.717, 1.165) is 0 Å². The Bertz CT molecular complexity index is 544. The van der Waals surface area contributed by atoms with Gasteiger partial charge in [0.25, 0.3) is 0 Å². The minimum atomic E-state index is -1.86. The Morgan fingerprint density at radius 3 is 2.30 bits per heavy atom. The number of carboxylic acid groups (broad SMARTS) is 2. The summed E-state index contributed by atoms with van der Waals surface area (Å²) < 4.78 is 10.5. The third-order valence-corrected chi connectivity index (χ3v) is 2.95. The molecule has 0 bridgehead atoms. The van der Waals surface area contributed by atoms with Gasteiger partial charge in [-0.3, -0.25) is 9.59 Å². The SMILES string of the molecule is Cc1nc(Cl)c(C2OCCO2)c(C(C(=O)O)C(=O)O)n1. The summed E-state index contributed by atoms with van der Waals surface area (Å²) in [7, 11) is 0. The molecule has 0 aliphatic carbocycles. The van der Waals surface area contributed by atoms with E-state index in [-0.39, 0.29) is 22.2 Å². The van der Waals surface area contributed by atoms with E-state index >= 15 is 0 Å². The van der Waals surface area contributed by atoms with Crippen LogP contribution in [0.2, 0.25) is 5.15 Å². The summed E-state index contributed by atoms with van der Waals surface area (Å²) in [5, 5.41) is 18.1. The summed E-state index contributed by atoms with van der Waals surface area (Å²) in [6.07, 6.45) is -0.959. The number of aromatic nitrogens is 2. The maximum atomic E-state index is 11.2. The second-order valence-electron chi connectivity index (χ2n) is 4.04. The number of nitrogens with zero attached hydrogens (tertiary/aromatic N) is 2. The summed E-state index contributed by atoms with van der Waals surface area (Å²) in [5.41, 5.74) is -0.182. The smallest absolute Gasteiger partial charge is 0.324 e. The van der Waals surface area contributed by atoms with Crippen molar-refractivity contribution in [3.63, 3.8) is 0 Å². The van der Waals surface area contributed by atoms with Gasteiger partial charge in [-0.15, -0.1) is 0 Å². The van der Waals surface area contributed by atoms with Gasteiger partial charge in [0, 0.05) is 0 Å². The fraction of sp³-hybridized carbons (Fsp3) is 0.455. The van der Waals surface area contributed by atoms with Gasteiger partial charge in [0.15, 0.2) is 12.2 Å². The standard InChI is InChI=1S/C11H11ClN2O6/c1-4-13-7(6(9(15)16)10(17)18)5(8(12)14-4)11-19-2-3-20-11/h6,11H,2-3H2,1H3,(H,15,16)(H,17,18). The topological polar surface area (TPSA) is 119 Å². The molecule has 2 N–H and O–H groups in total. The number of hydrogen-bond acceptors (Lipinski definition) is 6. The lowest BCUT2D eigenvalue weighted by atomic mass is 10.0. The highest BCUT2D eigenvalue weighted by Crippen LogP contribution is 2.34. The quantitative estimate of drug-likeness (QED) is 0.617. The van der Waals surface area contributed by atoms with E-state index in [2.05, 4.69) is 9.97 Å². The first-order valence-electron chi connectivity index (χ1n) is 5.64. The predicted molar refractivity (Wildman–Crippen MR) is 64.4 cm³/mol. The first-order valence-corrected chi connectivity index (χ1v) is 6.02. The molecule has 2 heterocycles. The molecule has 0 atom stereocenters. The van der Waals surface area contributed by atoms with Crippen LogP contribution in [0.4, 0.5) is 0 Å². The van der Waals surface area contributed by atoms with Crippen molar-refractivity contribution in [2.75, 3.05) is 13.2 Å². The molecule has 108 valence electrons. The number of carbonyl (C=O) groups is 2. The molecule has 1 saturated heterocycles. The predicted octanol–water partition coefficient (Wildman–Crippen LogP) is 0.737. The van der Waals surface area contributed by atoms with Crippen LogP contribution >= 0.6 is 11.6 Å². The van der Waals surface area contributed by atoms with Crippen LogP contribution in [0.1, 0.15) is 29.3 Å². The molecule has 2 rings (SSSR count). The van der Waals surface area contributed by atoms with Gasteiger partial charge in [-0.1, -0.05) is 11.6 Å². The van der Waals surface area contributed by atoms with E-state index in [1.165, 1.54) is 6.92 Å². The lowest BCUT2D eigenvalue weighted by Gasteiger charge is -2.17. The van der Waals surface area contributed by atoms with Crippen molar-refractivity contribution in [2.24, 2.45) is 0 Å². The molecule has 8 nitrogen and oxygen atoms in total. The average Bonchev–Trinajstić information content (AvgIpc) is 2.80. The zero-order valence-corrected chi connectivity index (χ0v) is 11.1. The summed E-state index contributed by atoms with van der Waals surface area (Å²) in [6.45, 7) is 2.06. The first kappa shape index (κ1) is 14.6. The molecule has 20 heavy (non-hydrogen) atoms. The normalized spacial score (nSPS) is 15.8. The van der Waals surface area contributed by atoms with E-state index in [0.29, 0.717) is 13.2 Å². The van der Waals surface area contributed by atoms with Crippen molar-refractivity contribution >= 4 is 23.5 Å². The van der Waals surface area contributed by atoms with Crippen LogP contribution in [0.25, 0.3) is 0 Å². The Labute approximate surface area is 118 Å². The zero-order valence-electron chi connectivity index (χ0n) is 10.4. The molecular weight excluding hydrogens is 292 g/mol. The second-order valence-corrected chi connectivity index (χ2v) is 4.40. The van der Waals surface area contributed by atoms with Crippen molar-refractivity contribution in [1.29, 1.82) is 0 Å². The highest BCUT2D eigenvalue weighted by atomic mass is 35.5. The third kappa shape index (κ3) is 2.72. The lowest BCUT2D eigenvalue weighted by molar-refractivity contribution is -0.150. The second kappa shape index (κ2) is 5.70. The molecule has 1 aliphatic rings. The van der Waals surface area contributed by atoms with Crippen LogP contribution in [0.5, 0.6) is 0 Å². The minimum absolute atomic E-state index is 0.0459. The number of halogens is 1. The molecule has 0 spiro atoms. The van der Waals surface area contributed by atoms with Gasteiger partial charge in [0.2, 0.25) is 0 Å². The average molecular weight is 303 g/mol. The number of carboxylic acids is 2. The summed E-state index contributed by atoms with van der Waals surface area (Å²) in [6, 6.07) is 0. The van der Waals surface area contributed by atoms with Crippen LogP contribution in [0.15, 0.2) is 0 Å². The van der Waals surface area contributed by atoms with Crippen LogP contribution in [0, 0.1) is 6.92 Å². The Kier molecular flexibility index (Phi) is 4.17. The van der Waals surface area contributed by atoms with Gasteiger partial charge < -0.3 is 19.7 Å². The number of ether oxygens (including phenoxy) is 2. The third-order valence-electron chi connectivity index (χ3n) is 2.67. The van der Waals surface area contributed by atoms with Crippen LogP contribution in [0.3, 0.4) is 0 Å². The molecule has 0 radical (unpaired) electrons. The van der Waals surface area contributed by atoms with E-state index in [1.54, 1.807) is 0 Å². The van der Waals surface area contributed by atoms with Gasteiger partial charge in [0.05, 0.1) is 24.5 Å². The number of hydrogen-bond donors (Lipinski definition) is 2. The van der Waals surface area contributed by atoms with E-state index < -0.39 is 24.1 Å². The highest BCUT2D eigenvalue weighted by molar-refractivity contribution is 6.30. The number of aliphatic carboxylic acids is 2. The molecule has 1 aromatic rings. The number of rotatable bonds is 4. The Balaban J connectivity index is 2.59. The lowest BCUT2D eigenvalue weighted by Crippen LogP contribution is -2.25. The van der Waals surface area contributed by atoms with Crippen molar-refractivity contribution in [2.45, 2.75) is 19.1 Å². The summed E-state index contributed by atoms with van der Waals surface area (Å²) in [5.74, 6) is -4.80. The molecule has 0 amide bonds. The molecule has 1 aromatic heterocycles. The fourth-order valence-corrected chi connectivity index (χ4v) is 2.18. The van der Waals surface area contributed by atoms with Crippen molar-refractivity contribution < 1.29 is 29.3 Å². The largest absolute Gasteiger partial charge is 0.480 e. The molecular formula is C11H11ClN2O6. The van der Waals surface area contributed by atoms with Crippen LogP contribution < -0.4 is 0 Å². The van der Waals surface area contributed by atoms with Crippen LogP contribution in [-0.4, -0.2) is 45.3 Å². The summed E-state index contributed by atoms with van der Waals surface area (Å²) >= 11 is 5.97. The minimum Gasteiger partial charge on any atom is -0.480 e. The molecule has 1 fully saturated rings. The zero-order chi connectivity index (χ0) is 14.9. The van der Waals surface area contributed by atoms with Gasteiger partial charge >= 0.3 is 11.9 Å². The van der Waals surface area contributed by atoms with Crippen LogP contribution in [-0.2, 0) is 19.1 Å². The van der Waals surface area contributed by atoms with E-state index in [1.807, 2.05) is 0 Å². The Morgan fingerprint density at radius 1 is 1.25 bits per heavy atom. The number of aryl methyl sites for hydroxylation is 1. The Morgan fingerprint density at radius 2 is 1.80 bits per heavy atom.